The van der Waals surface area contributed by atoms with Crippen molar-refractivity contribution in [1.29, 1.82) is 0 Å². The second-order valence-electron chi connectivity index (χ2n) is 2.67. The maximum absolute atomic E-state index is 10.7. The van der Waals surface area contributed by atoms with E-state index < -0.39 is 5.97 Å². The van der Waals surface area contributed by atoms with Gasteiger partial charge in [-0.2, -0.15) is 15.0 Å². The minimum Gasteiger partial charge on any atom is -0.478 e. The Hall–Kier alpha value is -1.91. The third-order valence-corrected chi connectivity index (χ3v) is 1.74. The third-order valence-electron chi connectivity index (χ3n) is 1.74. The lowest BCUT2D eigenvalue weighted by Gasteiger charge is -1.91. The highest BCUT2D eigenvalue weighted by molar-refractivity contribution is 6.00. The van der Waals surface area contributed by atoms with Crippen molar-refractivity contribution in [2.45, 2.75) is 0 Å². The number of carboxylic acid groups (broad SMARTS) is 1. The van der Waals surface area contributed by atoms with Crippen LogP contribution in [0.2, 0.25) is 0 Å². The van der Waals surface area contributed by atoms with E-state index in [1.54, 1.807) is 19.2 Å². The molecule has 2 rings (SSSR count). The molecule has 0 radical (unpaired) electrons. The van der Waals surface area contributed by atoms with Gasteiger partial charge in [0.1, 0.15) is 11.0 Å². The van der Waals surface area contributed by atoms with Crippen molar-refractivity contribution in [1.82, 2.24) is 15.0 Å². The van der Waals surface area contributed by atoms with Crippen LogP contribution >= 0.6 is 0 Å². The number of benzene rings is 1. The highest BCUT2D eigenvalue weighted by Gasteiger charge is 2.11. The predicted octanol–water partition coefficient (Wildman–Crippen LogP) is 0.666. The minimum atomic E-state index is -0.980. The fraction of sp³-hybridized carbons (Fsp3) is 0.125. The number of carboxylic acids is 1. The number of hydrogen-bond acceptors (Lipinski definition) is 3. The first-order valence-electron chi connectivity index (χ1n) is 3.72. The molecular weight excluding hydrogens is 170 g/mol. The number of aromatic nitrogens is 3. The molecule has 0 saturated heterocycles. The van der Waals surface area contributed by atoms with Gasteiger partial charge < -0.3 is 5.11 Å². The van der Waals surface area contributed by atoms with Crippen LogP contribution in [0.5, 0.6) is 0 Å². The summed E-state index contributed by atoms with van der Waals surface area (Å²) in [5.74, 6) is -0.980. The van der Waals surface area contributed by atoms with Crippen molar-refractivity contribution in [3.8, 4) is 0 Å². The number of carbonyl (C=O) groups is 1. The van der Waals surface area contributed by atoms with Gasteiger partial charge in [0.25, 0.3) is 0 Å². The first kappa shape index (κ1) is 7.72. The van der Waals surface area contributed by atoms with Gasteiger partial charge in [0.05, 0.1) is 5.56 Å². The van der Waals surface area contributed by atoms with Crippen LogP contribution in [0.25, 0.3) is 11.0 Å². The molecule has 13 heavy (non-hydrogen) atoms. The molecule has 0 unspecified atom stereocenters. The van der Waals surface area contributed by atoms with E-state index in [0.717, 1.165) is 0 Å². The molecule has 5 heteroatoms. The molecule has 0 saturated carbocycles. The number of aromatic carboxylic acids is 1. The van der Waals surface area contributed by atoms with Crippen LogP contribution in [-0.2, 0) is 7.05 Å². The number of aryl methyl sites for hydroxylation is 1. The highest BCUT2D eigenvalue weighted by Crippen LogP contribution is 2.13. The monoisotopic (exact) mass is 177 g/mol. The quantitative estimate of drug-likeness (QED) is 0.695. The lowest BCUT2D eigenvalue weighted by atomic mass is 10.2. The third kappa shape index (κ3) is 1.14. The lowest BCUT2D eigenvalue weighted by Crippen LogP contribution is -1.97. The maximum atomic E-state index is 10.7. The SMILES string of the molecule is Cn1nc2cccc(C(=O)O)c2n1. The van der Waals surface area contributed by atoms with E-state index in [2.05, 4.69) is 10.2 Å². The van der Waals surface area contributed by atoms with Gasteiger partial charge in [0.2, 0.25) is 0 Å². The van der Waals surface area contributed by atoms with Crippen LogP contribution in [0, 0.1) is 0 Å². The summed E-state index contributed by atoms with van der Waals surface area (Å²) >= 11 is 0. The van der Waals surface area contributed by atoms with Crippen molar-refractivity contribution in [2.75, 3.05) is 0 Å². The molecule has 1 aromatic carbocycles. The Labute approximate surface area is 73.6 Å². The second kappa shape index (κ2) is 2.55. The zero-order valence-corrected chi connectivity index (χ0v) is 6.93. The van der Waals surface area contributed by atoms with Crippen molar-refractivity contribution in [3.05, 3.63) is 23.8 Å². The van der Waals surface area contributed by atoms with E-state index in [4.69, 9.17) is 5.11 Å². The van der Waals surface area contributed by atoms with E-state index in [1.807, 2.05) is 0 Å². The summed E-state index contributed by atoms with van der Waals surface area (Å²) in [6.45, 7) is 0. The van der Waals surface area contributed by atoms with E-state index in [-0.39, 0.29) is 5.56 Å². The average molecular weight is 177 g/mol. The van der Waals surface area contributed by atoms with Crippen LogP contribution in [-0.4, -0.2) is 26.1 Å². The molecule has 66 valence electrons. The molecule has 0 atom stereocenters. The maximum Gasteiger partial charge on any atom is 0.338 e. The van der Waals surface area contributed by atoms with Crippen molar-refractivity contribution >= 4 is 17.0 Å². The Morgan fingerprint density at radius 3 is 2.92 bits per heavy atom. The van der Waals surface area contributed by atoms with Crippen LogP contribution in [0.15, 0.2) is 18.2 Å². The summed E-state index contributed by atoms with van der Waals surface area (Å²) in [6, 6.07) is 4.90. The van der Waals surface area contributed by atoms with E-state index in [9.17, 15) is 4.79 Å². The van der Waals surface area contributed by atoms with Crippen molar-refractivity contribution < 1.29 is 9.90 Å². The van der Waals surface area contributed by atoms with Gasteiger partial charge in [-0.05, 0) is 12.1 Å². The Kier molecular flexibility index (Phi) is 1.51. The molecular formula is C8H7N3O2. The molecule has 0 aliphatic carbocycles. The number of rotatable bonds is 1. The zero-order chi connectivity index (χ0) is 9.42. The molecule has 0 amide bonds. The molecule has 2 aromatic rings. The summed E-state index contributed by atoms with van der Waals surface area (Å²) < 4.78 is 0. The normalized spacial score (nSPS) is 10.5. The van der Waals surface area contributed by atoms with Gasteiger partial charge in [-0.3, -0.25) is 0 Å². The molecule has 1 aromatic heterocycles. The summed E-state index contributed by atoms with van der Waals surface area (Å²) in [7, 11) is 1.66. The predicted molar refractivity (Wildman–Crippen MR) is 45.5 cm³/mol. The highest BCUT2D eigenvalue weighted by atomic mass is 16.4. The summed E-state index contributed by atoms with van der Waals surface area (Å²) in [5.41, 5.74) is 1.21. The Bertz CT molecular complexity index is 475. The van der Waals surface area contributed by atoms with E-state index in [1.165, 1.54) is 10.9 Å². The van der Waals surface area contributed by atoms with Crippen LogP contribution < -0.4 is 0 Å². The minimum absolute atomic E-state index is 0.186. The van der Waals surface area contributed by atoms with Crippen LogP contribution in [0.1, 0.15) is 10.4 Å². The van der Waals surface area contributed by atoms with E-state index in [0.29, 0.717) is 11.0 Å². The number of hydrogen-bond donors (Lipinski definition) is 1. The lowest BCUT2D eigenvalue weighted by molar-refractivity contribution is 0.0699. The number of fused-ring (bicyclic) bond motifs is 1. The van der Waals surface area contributed by atoms with E-state index >= 15 is 0 Å². The van der Waals surface area contributed by atoms with Gasteiger partial charge in [0.15, 0.2) is 0 Å². The molecule has 0 fully saturated rings. The average Bonchev–Trinajstić information content (AvgIpc) is 2.43. The van der Waals surface area contributed by atoms with Gasteiger partial charge >= 0.3 is 5.97 Å². The van der Waals surface area contributed by atoms with Crippen molar-refractivity contribution in [3.63, 3.8) is 0 Å². The zero-order valence-electron chi connectivity index (χ0n) is 6.93. The fourth-order valence-electron chi connectivity index (χ4n) is 1.21. The Morgan fingerprint density at radius 2 is 2.23 bits per heavy atom. The van der Waals surface area contributed by atoms with Crippen molar-refractivity contribution in [2.24, 2.45) is 7.05 Å². The summed E-state index contributed by atoms with van der Waals surface area (Å²) in [4.78, 5) is 12.1. The summed E-state index contributed by atoms with van der Waals surface area (Å²) in [6.07, 6.45) is 0. The fourth-order valence-corrected chi connectivity index (χ4v) is 1.21. The smallest absolute Gasteiger partial charge is 0.338 e. The van der Waals surface area contributed by atoms with Gasteiger partial charge in [0, 0.05) is 7.05 Å². The molecule has 5 nitrogen and oxygen atoms in total. The first-order valence-corrected chi connectivity index (χ1v) is 3.72. The van der Waals surface area contributed by atoms with Crippen LogP contribution in [0.4, 0.5) is 0 Å². The standard InChI is InChI=1S/C8H7N3O2/c1-11-9-6-4-2-3-5(8(12)13)7(6)10-11/h2-4H,1H3,(H,12,13). The topological polar surface area (TPSA) is 68.0 Å². The Morgan fingerprint density at radius 1 is 1.46 bits per heavy atom. The van der Waals surface area contributed by atoms with Gasteiger partial charge in [-0.25, -0.2) is 4.79 Å². The molecule has 1 heterocycles. The molecule has 1 N–H and O–H groups in total. The Balaban J connectivity index is 2.82. The first-order chi connectivity index (χ1) is 6.18. The van der Waals surface area contributed by atoms with Gasteiger partial charge in [-0.15, -0.1) is 0 Å². The largest absolute Gasteiger partial charge is 0.478 e. The second-order valence-corrected chi connectivity index (χ2v) is 2.67. The molecule has 0 spiro atoms. The van der Waals surface area contributed by atoms with Crippen LogP contribution in [0.3, 0.4) is 0 Å². The molecule has 0 aliphatic heterocycles. The number of nitrogens with zero attached hydrogens (tertiary/aromatic N) is 3. The molecule has 0 aliphatic rings. The van der Waals surface area contributed by atoms with Gasteiger partial charge in [-0.1, -0.05) is 6.07 Å². The molecule has 0 bridgehead atoms. The summed E-state index contributed by atoms with van der Waals surface area (Å²) in [5, 5.41) is 16.8.